The number of carboxylic acids is 1. The van der Waals surface area contributed by atoms with Gasteiger partial charge in [0.25, 0.3) is 0 Å². The van der Waals surface area contributed by atoms with Gasteiger partial charge in [-0.15, -0.1) is 0 Å². The van der Waals surface area contributed by atoms with Crippen molar-refractivity contribution in [1.82, 2.24) is 0 Å². The molecule has 0 radical (unpaired) electrons. The molecule has 0 saturated carbocycles. The number of benzene rings is 2. The van der Waals surface area contributed by atoms with E-state index in [0.29, 0.717) is 57.1 Å². The van der Waals surface area contributed by atoms with Crippen molar-refractivity contribution >= 4 is 26.2 Å². The maximum Gasteiger partial charge on any atom is 0.330 e. The van der Waals surface area contributed by atoms with Gasteiger partial charge in [-0.25, -0.2) is 4.79 Å². The molecule has 3 heterocycles. The van der Waals surface area contributed by atoms with Crippen molar-refractivity contribution in [3.63, 3.8) is 0 Å². The van der Waals surface area contributed by atoms with Crippen LogP contribution in [-0.2, 0) is 74.7 Å². The van der Waals surface area contributed by atoms with Crippen LogP contribution in [0.5, 0.6) is 5.75 Å². The van der Waals surface area contributed by atoms with Crippen molar-refractivity contribution in [1.29, 1.82) is 0 Å². The van der Waals surface area contributed by atoms with Gasteiger partial charge in [0.05, 0.1) is 82.7 Å². The third kappa shape index (κ3) is 18.0. The molecule has 2 aromatic carbocycles. The Morgan fingerprint density at radius 2 is 1.47 bits per heavy atom. The predicted molar refractivity (Wildman–Crippen MR) is 288 cm³/mol. The Bertz CT molecular complexity index is 2250. The molecule has 3 aliphatic rings. The monoisotopic (exact) mass is 1060 g/mol. The first kappa shape index (κ1) is 61.4. The largest absolute Gasteiger partial charge is 0.497 e. The summed E-state index contributed by atoms with van der Waals surface area (Å²) in [7, 11) is 2.01. The number of carboxylic acid groups (broad SMARTS) is 1. The topological polar surface area (TPSA) is 173 Å². The predicted octanol–water partition coefficient (Wildman–Crippen LogP) is 11.1. The van der Waals surface area contributed by atoms with Crippen LogP contribution in [0.1, 0.15) is 117 Å². The van der Waals surface area contributed by atoms with Gasteiger partial charge >= 0.3 is 17.9 Å². The fourth-order valence-corrected chi connectivity index (χ4v) is 11.3. The number of methoxy groups -OCH3 is 3. The molecule has 3 aliphatic heterocycles. The van der Waals surface area contributed by atoms with E-state index in [2.05, 4.69) is 47.0 Å². The Morgan fingerprint density at radius 1 is 0.827 bits per heavy atom. The summed E-state index contributed by atoms with van der Waals surface area (Å²) in [6.45, 7) is 27.5. The molecular formula is C59H86O15Si. The van der Waals surface area contributed by atoms with E-state index in [1.54, 1.807) is 7.11 Å². The Labute approximate surface area is 447 Å². The Hall–Kier alpha value is -4.49. The summed E-state index contributed by atoms with van der Waals surface area (Å²) in [6, 6.07) is 17.4. The fourth-order valence-electron chi connectivity index (χ4n) is 9.87. The van der Waals surface area contributed by atoms with Crippen LogP contribution in [0.3, 0.4) is 0 Å². The third-order valence-electron chi connectivity index (χ3n) is 14.9. The van der Waals surface area contributed by atoms with Gasteiger partial charge in [0.1, 0.15) is 12.5 Å². The molecular weight excluding hydrogens is 977 g/mol. The van der Waals surface area contributed by atoms with Crippen LogP contribution >= 0.6 is 0 Å². The molecule has 2 aromatic rings. The highest BCUT2D eigenvalue weighted by atomic mass is 28.4. The standard InChI is InChI=1S/C59H86O15Si/c1-39-26-47(71-50(27-39)33-51-29-40(2)28-49(72-51)32-48(35-54(61)62)68-37-44-20-22-46(64-10)23-21-44)24-25-58(8,9)59(66-12)56(70-42(4)60)45(31-55(63)65-11)30-52(73-59)34-53(74-75(13,14)57(5,6)7)41(3)69-38-67-36-43-18-16-15-17-19-43/h15-25,31,41,47-53,56H,1-2,26-30,32-38H2,3-14H3,(H,61,62)/t41-,47+,48-,49+,50+,51-,52+,53-,56+,59-/m1/s1. The van der Waals surface area contributed by atoms with Gasteiger partial charge < -0.3 is 56.9 Å². The van der Waals surface area contributed by atoms with Crippen LogP contribution in [0.25, 0.3) is 0 Å². The van der Waals surface area contributed by atoms with Crippen molar-refractivity contribution < 1.29 is 71.3 Å². The highest BCUT2D eigenvalue weighted by Crippen LogP contribution is 2.50. The lowest BCUT2D eigenvalue weighted by Gasteiger charge is -2.53. The average molecular weight is 1060 g/mol. The number of esters is 2. The van der Waals surface area contributed by atoms with E-state index < -0.39 is 67.9 Å². The smallest absolute Gasteiger partial charge is 0.330 e. The lowest BCUT2D eigenvalue weighted by atomic mass is 9.73. The second-order valence-corrected chi connectivity index (χ2v) is 27.2. The van der Waals surface area contributed by atoms with Gasteiger partial charge in [0.15, 0.2) is 14.4 Å². The molecule has 416 valence electrons. The van der Waals surface area contributed by atoms with Gasteiger partial charge in [0, 0.05) is 44.8 Å². The highest BCUT2D eigenvalue weighted by molar-refractivity contribution is 6.74. The lowest BCUT2D eigenvalue weighted by Crippen LogP contribution is -2.63. The maximum absolute atomic E-state index is 13.1. The van der Waals surface area contributed by atoms with Crippen molar-refractivity contribution in [2.24, 2.45) is 5.41 Å². The summed E-state index contributed by atoms with van der Waals surface area (Å²) in [5, 5.41) is 9.64. The minimum Gasteiger partial charge on any atom is -0.497 e. The fraction of sp³-hybridized carbons (Fsp3) is 0.610. The minimum atomic E-state index is -2.41. The van der Waals surface area contributed by atoms with E-state index in [1.807, 2.05) is 87.5 Å². The summed E-state index contributed by atoms with van der Waals surface area (Å²) in [5.74, 6) is -3.08. The second kappa shape index (κ2) is 27.7. The quantitative estimate of drug-likeness (QED) is 0.0235. The molecule has 3 saturated heterocycles. The molecule has 0 aromatic heterocycles. The van der Waals surface area contributed by atoms with Gasteiger partial charge in [-0.3, -0.25) is 9.59 Å². The number of hydrogen-bond acceptors (Lipinski definition) is 14. The van der Waals surface area contributed by atoms with E-state index in [-0.39, 0.29) is 55.7 Å². The molecule has 0 unspecified atom stereocenters. The molecule has 0 aliphatic carbocycles. The van der Waals surface area contributed by atoms with Crippen molar-refractivity contribution in [3.05, 3.63) is 114 Å². The molecule has 1 N–H and O–H groups in total. The Morgan fingerprint density at radius 3 is 2.08 bits per heavy atom. The van der Waals surface area contributed by atoms with Crippen LogP contribution in [0, 0.1) is 5.41 Å². The number of carbonyl (C=O) groups is 3. The molecule has 0 spiro atoms. The van der Waals surface area contributed by atoms with Crippen molar-refractivity contribution in [3.8, 4) is 5.75 Å². The Kier molecular flexibility index (Phi) is 22.7. The molecule has 3 fully saturated rings. The van der Waals surface area contributed by atoms with Crippen LogP contribution in [0.15, 0.2) is 103 Å². The number of aliphatic carboxylic acids is 1. The van der Waals surface area contributed by atoms with Crippen LogP contribution in [-0.4, -0.2) is 120 Å². The first-order chi connectivity index (χ1) is 35.3. The SMILES string of the molecule is C=C1C[C@H](C[C@@H]2CC(=C)C[C@H](C=CC(C)(C)[C@]3(OC)O[C@H](C[C@@H](O[Si](C)(C)C(C)(C)C)[C@@H](C)OCOCc4ccccc4)CC(=CC(=O)OC)[C@@H]3OC(C)=O)O2)O[C@H](C[C@H](CC(=O)O)OCc2ccc(OC)cc2)C1. The van der Waals surface area contributed by atoms with Crippen molar-refractivity contribution in [2.45, 2.75) is 198 Å². The number of rotatable bonds is 26. The molecule has 0 amide bonds. The zero-order valence-corrected chi connectivity index (χ0v) is 47.7. The first-order valence-electron chi connectivity index (χ1n) is 26.2. The van der Waals surface area contributed by atoms with E-state index in [4.69, 9.17) is 51.8 Å². The zero-order chi connectivity index (χ0) is 55.1. The van der Waals surface area contributed by atoms with E-state index >= 15 is 0 Å². The van der Waals surface area contributed by atoms with E-state index in [1.165, 1.54) is 27.2 Å². The summed E-state index contributed by atoms with van der Waals surface area (Å²) in [6.07, 6.45) is 4.75. The highest BCUT2D eigenvalue weighted by Gasteiger charge is 2.59. The van der Waals surface area contributed by atoms with Crippen LogP contribution in [0.4, 0.5) is 0 Å². The molecule has 75 heavy (non-hydrogen) atoms. The summed E-state index contributed by atoms with van der Waals surface area (Å²) < 4.78 is 69.2. The molecule has 5 rings (SSSR count). The van der Waals surface area contributed by atoms with E-state index in [9.17, 15) is 19.5 Å². The summed E-state index contributed by atoms with van der Waals surface area (Å²) in [4.78, 5) is 38.1. The Balaban J connectivity index is 1.36. The van der Waals surface area contributed by atoms with Gasteiger partial charge in [-0.2, -0.15) is 0 Å². The minimum absolute atomic E-state index is 0.0396. The second-order valence-electron chi connectivity index (χ2n) is 22.4. The lowest BCUT2D eigenvalue weighted by molar-refractivity contribution is -0.338. The average Bonchev–Trinajstić information content (AvgIpc) is 3.33. The summed E-state index contributed by atoms with van der Waals surface area (Å²) >= 11 is 0. The number of carbonyl (C=O) groups excluding carboxylic acids is 2. The zero-order valence-electron chi connectivity index (χ0n) is 46.7. The number of ether oxygens (including phenoxy) is 10. The van der Waals surface area contributed by atoms with Gasteiger partial charge in [-0.05, 0) is 86.0 Å². The van der Waals surface area contributed by atoms with Gasteiger partial charge in [0.2, 0.25) is 5.79 Å². The maximum atomic E-state index is 13.1. The molecule has 10 atom stereocenters. The van der Waals surface area contributed by atoms with Gasteiger partial charge in [-0.1, -0.05) is 114 Å². The summed E-state index contributed by atoms with van der Waals surface area (Å²) in [5.41, 5.74) is 3.41. The van der Waals surface area contributed by atoms with Crippen molar-refractivity contribution in [2.75, 3.05) is 28.1 Å². The van der Waals surface area contributed by atoms with Crippen LogP contribution < -0.4 is 4.74 Å². The first-order valence-corrected chi connectivity index (χ1v) is 29.2. The normalized spacial score (nSPS) is 25.7. The van der Waals surface area contributed by atoms with E-state index in [0.717, 1.165) is 28.0 Å². The molecule has 16 heteroatoms. The van der Waals surface area contributed by atoms with Crippen LogP contribution in [0.2, 0.25) is 18.1 Å². The molecule has 15 nitrogen and oxygen atoms in total. The molecule has 0 bridgehead atoms. The number of hydrogen-bond donors (Lipinski definition) is 1. The third-order valence-corrected chi connectivity index (χ3v) is 19.4.